The monoisotopic (exact) mass is 301 g/mol. The molecule has 0 aliphatic heterocycles. The van der Waals surface area contributed by atoms with E-state index >= 15 is 0 Å². The molecule has 120 valence electrons. The quantitative estimate of drug-likeness (QED) is 0.601. The van der Waals surface area contributed by atoms with Gasteiger partial charge >= 0.3 is 0 Å². The van der Waals surface area contributed by atoms with E-state index in [2.05, 4.69) is 38.2 Å². The van der Waals surface area contributed by atoms with Crippen LogP contribution >= 0.6 is 0 Å². The van der Waals surface area contributed by atoms with Gasteiger partial charge in [0.15, 0.2) is 0 Å². The predicted molar refractivity (Wildman–Crippen MR) is 86.9 cm³/mol. The molecule has 4 rings (SSSR count). The van der Waals surface area contributed by atoms with E-state index in [9.17, 15) is 10.2 Å². The van der Waals surface area contributed by atoms with Crippen molar-refractivity contribution in [3.63, 3.8) is 0 Å². The molecule has 1 fully saturated rings. The Balaban J connectivity index is 1.78. The largest absolute Gasteiger partial charge is 0.389 e. The Hall–Kier alpha value is -0.900. The number of aliphatic hydroxyl groups is 2. The number of aliphatic hydroxyl groups excluding tert-OH is 2. The molecule has 4 aliphatic carbocycles. The van der Waals surface area contributed by atoms with Gasteiger partial charge in [-0.1, -0.05) is 49.8 Å². The first-order chi connectivity index (χ1) is 10.4. The topological polar surface area (TPSA) is 66.5 Å². The summed E-state index contributed by atoms with van der Waals surface area (Å²) in [6.45, 7) is 4.49. The molecule has 4 N–H and O–H groups in total. The number of fused-ring (bicyclic) bond motifs is 5. The Morgan fingerprint density at radius 1 is 1.18 bits per heavy atom. The molecule has 0 aromatic heterocycles. The molecule has 0 saturated heterocycles. The summed E-state index contributed by atoms with van der Waals surface area (Å²) in [5, 5.41) is 21.2. The number of hydrogen-bond acceptors (Lipinski definition) is 3. The molecular formula is C19H27NO2. The molecule has 3 nitrogen and oxygen atoms in total. The zero-order chi connectivity index (χ0) is 15.7. The van der Waals surface area contributed by atoms with Gasteiger partial charge in [-0.2, -0.15) is 0 Å². The van der Waals surface area contributed by atoms with Crippen LogP contribution in [0, 0.1) is 28.6 Å². The van der Waals surface area contributed by atoms with Gasteiger partial charge < -0.3 is 15.9 Å². The van der Waals surface area contributed by atoms with Crippen molar-refractivity contribution in [3.8, 4) is 0 Å². The SMILES string of the molecule is C[C@]12C=CC(N)CC1=CC(O)[C@@H]1[C@H]2CC[C@]2(C)C(O)C=C[C@@H]12. The van der Waals surface area contributed by atoms with Crippen LogP contribution < -0.4 is 5.73 Å². The van der Waals surface area contributed by atoms with Gasteiger partial charge in [0.25, 0.3) is 0 Å². The molecule has 0 amide bonds. The first-order valence-corrected chi connectivity index (χ1v) is 8.57. The maximum absolute atomic E-state index is 10.8. The average molecular weight is 301 g/mol. The van der Waals surface area contributed by atoms with Gasteiger partial charge in [-0.15, -0.1) is 0 Å². The maximum Gasteiger partial charge on any atom is 0.0780 e. The predicted octanol–water partition coefficient (Wildman–Crippen LogP) is 2.16. The van der Waals surface area contributed by atoms with E-state index in [0.717, 1.165) is 19.3 Å². The third-order valence-electron chi connectivity index (χ3n) is 7.18. The van der Waals surface area contributed by atoms with Gasteiger partial charge in [0.1, 0.15) is 0 Å². The standard InChI is InChI=1S/C19H27NO2/c1-18-7-5-12(20)9-11(18)10-15(21)17-13-3-4-16(22)19(13,2)8-6-14(17)18/h3-5,7,10,12-17,21-22H,6,8-9,20H2,1-2H3/t12?,13-,14+,15?,16?,17-,18-,19-/m0/s1. The highest BCUT2D eigenvalue weighted by molar-refractivity contribution is 5.36. The van der Waals surface area contributed by atoms with Crippen molar-refractivity contribution in [2.75, 3.05) is 0 Å². The van der Waals surface area contributed by atoms with Crippen LogP contribution in [0.1, 0.15) is 33.1 Å². The van der Waals surface area contributed by atoms with Gasteiger partial charge in [-0.05, 0) is 37.0 Å². The van der Waals surface area contributed by atoms with Crippen LogP contribution in [0.25, 0.3) is 0 Å². The third-order valence-corrected chi connectivity index (χ3v) is 7.18. The second kappa shape index (κ2) is 4.56. The van der Waals surface area contributed by atoms with Crippen molar-refractivity contribution in [1.29, 1.82) is 0 Å². The molecule has 0 radical (unpaired) electrons. The smallest absolute Gasteiger partial charge is 0.0780 e. The minimum Gasteiger partial charge on any atom is -0.389 e. The Morgan fingerprint density at radius 2 is 1.95 bits per heavy atom. The van der Waals surface area contributed by atoms with Gasteiger partial charge in [-0.3, -0.25) is 0 Å². The van der Waals surface area contributed by atoms with E-state index in [1.807, 2.05) is 6.08 Å². The van der Waals surface area contributed by atoms with Crippen LogP contribution in [0.15, 0.2) is 36.0 Å². The van der Waals surface area contributed by atoms with E-state index < -0.39 is 6.10 Å². The lowest BCUT2D eigenvalue weighted by molar-refractivity contribution is -0.0809. The Bertz CT molecular complexity index is 580. The lowest BCUT2D eigenvalue weighted by Gasteiger charge is -2.57. The molecule has 0 spiro atoms. The Morgan fingerprint density at radius 3 is 2.73 bits per heavy atom. The summed E-state index contributed by atoms with van der Waals surface area (Å²) in [6, 6.07) is 0.0742. The van der Waals surface area contributed by atoms with E-state index in [-0.39, 0.29) is 34.8 Å². The highest BCUT2D eigenvalue weighted by atomic mass is 16.3. The first-order valence-electron chi connectivity index (χ1n) is 8.57. The Kier molecular flexibility index (Phi) is 3.04. The van der Waals surface area contributed by atoms with E-state index in [4.69, 9.17) is 5.73 Å². The minimum absolute atomic E-state index is 0.0163. The minimum atomic E-state index is -0.425. The molecule has 0 aromatic rings. The summed E-state index contributed by atoms with van der Waals surface area (Å²) in [4.78, 5) is 0. The summed E-state index contributed by atoms with van der Waals surface area (Å²) in [5.41, 5.74) is 7.30. The van der Waals surface area contributed by atoms with Crippen LogP contribution in [-0.2, 0) is 0 Å². The van der Waals surface area contributed by atoms with Crippen molar-refractivity contribution in [1.82, 2.24) is 0 Å². The van der Waals surface area contributed by atoms with Crippen molar-refractivity contribution < 1.29 is 10.2 Å². The van der Waals surface area contributed by atoms with Crippen molar-refractivity contribution in [2.24, 2.45) is 34.3 Å². The molecule has 8 atom stereocenters. The highest BCUT2D eigenvalue weighted by Crippen LogP contribution is 2.62. The summed E-state index contributed by atoms with van der Waals surface area (Å²) in [7, 11) is 0. The lowest BCUT2D eigenvalue weighted by atomic mass is 9.48. The fourth-order valence-electron chi connectivity index (χ4n) is 5.70. The molecule has 0 aromatic carbocycles. The number of allylic oxidation sites excluding steroid dienone is 2. The van der Waals surface area contributed by atoms with Gasteiger partial charge in [0.05, 0.1) is 12.2 Å². The summed E-state index contributed by atoms with van der Waals surface area (Å²) < 4.78 is 0. The average Bonchev–Trinajstić information content (AvgIpc) is 2.77. The molecule has 1 saturated carbocycles. The van der Waals surface area contributed by atoms with Crippen LogP contribution in [0.4, 0.5) is 0 Å². The van der Waals surface area contributed by atoms with Crippen LogP contribution in [-0.4, -0.2) is 28.5 Å². The first kappa shape index (κ1) is 14.7. The summed E-state index contributed by atoms with van der Waals surface area (Å²) >= 11 is 0. The fraction of sp³-hybridized carbons (Fsp3) is 0.684. The summed E-state index contributed by atoms with van der Waals surface area (Å²) in [5.74, 6) is 0.883. The normalized spacial score (nSPS) is 56.1. The molecular weight excluding hydrogens is 274 g/mol. The molecule has 4 aliphatic rings. The third kappa shape index (κ3) is 1.73. The zero-order valence-corrected chi connectivity index (χ0v) is 13.4. The molecule has 3 unspecified atom stereocenters. The fourth-order valence-corrected chi connectivity index (χ4v) is 5.70. The van der Waals surface area contributed by atoms with Gasteiger partial charge in [-0.25, -0.2) is 0 Å². The molecule has 0 heterocycles. The molecule has 3 heteroatoms. The number of nitrogens with two attached hydrogens (primary N) is 1. The molecule has 22 heavy (non-hydrogen) atoms. The van der Waals surface area contributed by atoms with E-state index in [1.165, 1.54) is 5.57 Å². The lowest BCUT2D eigenvalue weighted by Crippen LogP contribution is -2.54. The summed E-state index contributed by atoms with van der Waals surface area (Å²) in [6.07, 6.45) is 12.7. The number of hydrogen-bond donors (Lipinski definition) is 3. The van der Waals surface area contributed by atoms with Gasteiger partial charge in [0.2, 0.25) is 0 Å². The Labute approximate surface area is 132 Å². The van der Waals surface area contributed by atoms with Crippen molar-refractivity contribution >= 4 is 0 Å². The van der Waals surface area contributed by atoms with Crippen LogP contribution in [0.5, 0.6) is 0 Å². The number of rotatable bonds is 0. The van der Waals surface area contributed by atoms with E-state index in [0.29, 0.717) is 5.92 Å². The van der Waals surface area contributed by atoms with Crippen molar-refractivity contribution in [2.45, 2.75) is 51.4 Å². The zero-order valence-electron chi connectivity index (χ0n) is 13.4. The molecule has 0 bridgehead atoms. The second-order valence-corrected chi connectivity index (χ2v) is 8.28. The van der Waals surface area contributed by atoms with Crippen LogP contribution in [0.3, 0.4) is 0 Å². The van der Waals surface area contributed by atoms with Crippen LogP contribution in [0.2, 0.25) is 0 Å². The van der Waals surface area contributed by atoms with Crippen molar-refractivity contribution in [3.05, 3.63) is 36.0 Å². The van der Waals surface area contributed by atoms with Gasteiger partial charge in [0, 0.05) is 16.9 Å². The maximum atomic E-state index is 10.8. The second-order valence-electron chi connectivity index (χ2n) is 8.28. The highest BCUT2D eigenvalue weighted by Gasteiger charge is 2.58. The van der Waals surface area contributed by atoms with E-state index in [1.54, 1.807) is 0 Å².